The molecule has 37 heavy (non-hydrogen) atoms. The molecular formula is C28H29N5O3S. The number of hydrogen-bond acceptors (Lipinski definition) is 7. The summed E-state index contributed by atoms with van der Waals surface area (Å²) in [6, 6.07) is 17.5. The molecular weight excluding hydrogens is 486 g/mol. The Morgan fingerprint density at radius 3 is 2.78 bits per heavy atom. The molecule has 1 N–H and O–H groups in total. The molecule has 1 unspecified atom stereocenters. The number of nitrogens with zero attached hydrogens (tertiary/aromatic N) is 4. The predicted molar refractivity (Wildman–Crippen MR) is 145 cm³/mol. The van der Waals surface area contributed by atoms with Gasteiger partial charge in [0.25, 0.3) is 5.91 Å². The molecule has 2 fully saturated rings. The van der Waals surface area contributed by atoms with Crippen LogP contribution in [0.25, 0.3) is 22.0 Å². The first-order chi connectivity index (χ1) is 18.1. The highest BCUT2D eigenvalue weighted by atomic mass is 32.2. The van der Waals surface area contributed by atoms with Gasteiger partial charge in [-0.25, -0.2) is 4.98 Å². The lowest BCUT2D eigenvalue weighted by Crippen LogP contribution is -2.42. The van der Waals surface area contributed by atoms with Crippen LogP contribution in [0.3, 0.4) is 0 Å². The summed E-state index contributed by atoms with van der Waals surface area (Å²) >= 11 is 1.54. The first kappa shape index (κ1) is 25.1. The van der Waals surface area contributed by atoms with Crippen molar-refractivity contribution < 1.29 is 14.3 Å². The van der Waals surface area contributed by atoms with E-state index in [2.05, 4.69) is 16.3 Å². The topological polar surface area (TPSA) is 98.6 Å². The molecule has 1 aromatic heterocycles. The molecule has 5 rings (SSSR count). The van der Waals surface area contributed by atoms with Gasteiger partial charge in [-0.15, -0.1) is 11.8 Å². The number of nitrogens with one attached hydrogen (secondary N) is 1. The lowest BCUT2D eigenvalue weighted by Gasteiger charge is -2.20. The molecule has 2 aromatic carbocycles. The van der Waals surface area contributed by atoms with Crippen molar-refractivity contribution in [1.82, 2.24) is 15.2 Å². The molecule has 0 radical (unpaired) electrons. The highest BCUT2D eigenvalue weighted by Gasteiger charge is 2.29. The number of amides is 2. The fourth-order valence-corrected chi connectivity index (χ4v) is 6.01. The minimum Gasteiger partial charge on any atom is -0.380 e. The van der Waals surface area contributed by atoms with Crippen LogP contribution in [-0.2, 0) is 16.1 Å². The summed E-state index contributed by atoms with van der Waals surface area (Å²) in [5, 5.41) is 12.8. The second-order valence-electron chi connectivity index (χ2n) is 9.24. The van der Waals surface area contributed by atoms with Gasteiger partial charge in [0, 0.05) is 31.3 Å². The van der Waals surface area contributed by atoms with E-state index in [1.165, 1.54) is 4.90 Å². The van der Waals surface area contributed by atoms with Crippen LogP contribution in [0, 0.1) is 11.3 Å². The number of aromatic nitrogens is 1. The molecule has 190 valence electrons. The monoisotopic (exact) mass is 515 g/mol. The second kappa shape index (κ2) is 11.2. The van der Waals surface area contributed by atoms with Gasteiger partial charge in [0.1, 0.15) is 11.9 Å². The molecule has 2 amide bonds. The first-order valence-corrected chi connectivity index (χ1v) is 13.6. The van der Waals surface area contributed by atoms with Crippen molar-refractivity contribution in [1.29, 1.82) is 5.26 Å². The molecule has 8 nitrogen and oxygen atoms in total. The number of thioether (sulfide) groups is 1. The Labute approximate surface area is 220 Å². The zero-order chi connectivity index (χ0) is 25.8. The zero-order valence-corrected chi connectivity index (χ0v) is 21.6. The number of ether oxygens (including phenoxy) is 1. The number of benzene rings is 2. The largest absolute Gasteiger partial charge is 0.380 e. The van der Waals surface area contributed by atoms with Crippen molar-refractivity contribution in [3.05, 3.63) is 59.7 Å². The minimum absolute atomic E-state index is 0.156. The third-order valence-corrected chi connectivity index (χ3v) is 7.86. The molecule has 9 heteroatoms. The molecule has 2 saturated heterocycles. The van der Waals surface area contributed by atoms with E-state index < -0.39 is 6.04 Å². The van der Waals surface area contributed by atoms with Crippen LogP contribution in [0.2, 0.25) is 0 Å². The molecule has 0 bridgehead atoms. The maximum absolute atomic E-state index is 13.5. The van der Waals surface area contributed by atoms with Gasteiger partial charge in [-0.2, -0.15) is 5.26 Å². The summed E-state index contributed by atoms with van der Waals surface area (Å²) in [5.74, 6) is 1.25. The van der Waals surface area contributed by atoms with E-state index in [1.54, 1.807) is 18.9 Å². The number of carbonyl (C=O) groups is 2. The van der Waals surface area contributed by atoms with Crippen molar-refractivity contribution in [2.24, 2.45) is 0 Å². The van der Waals surface area contributed by atoms with Crippen molar-refractivity contribution in [2.75, 3.05) is 43.3 Å². The van der Waals surface area contributed by atoms with Crippen LogP contribution >= 0.6 is 11.8 Å². The third-order valence-electron chi connectivity index (χ3n) is 6.85. The van der Waals surface area contributed by atoms with Crippen LogP contribution in [-0.4, -0.2) is 66.1 Å². The maximum atomic E-state index is 13.5. The van der Waals surface area contributed by atoms with Crippen LogP contribution in [0.1, 0.15) is 28.8 Å². The minimum atomic E-state index is -0.451. The van der Waals surface area contributed by atoms with Crippen LogP contribution in [0.5, 0.6) is 0 Å². The number of anilines is 1. The Kier molecular flexibility index (Phi) is 7.58. The van der Waals surface area contributed by atoms with Crippen molar-refractivity contribution in [2.45, 2.75) is 25.5 Å². The molecule has 0 aliphatic carbocycles. The summed E-state index contributed by atoms with van der Waals surface area (Å²) in [6.45, 7) is 2.14. The van der Waals surface area contributed by atoms with E-state index in [-0.39, 0.29) is 18.4 Å². The third kappa shape index (κ3) is 5.26. The van der Waals surface area contributed by atoms with E-state index in [9.17, 15) is 14.9 Å². The first-order valence-electron chi connectivity index (χ1n) is 12.4. The lowest BCUT2D eigenvalue weighted by atomic mass is 9.97. The van der Waals surface area contributed by atoms with E-state index in [4.69, 9.17) is 9.72 Å². The van der Waals surface area contributed by atoms with Crippen molar-refractivity contribution in [3.63, 3.8) is 0 Å². The number of hydrogen-bond donors (Lipinski definition) is 1. The van der Waals surface area contributed by atoms with Gasteiger partial charge >= 0.3 is 0 Å². The number of methoxy groups -OCH3 is 1. The second-order valence-corrected chi connectivity index (χ2v) is 10.2. The summed E-state index contributed by atoms with van der Waals surface area (Å²) < 4.78 is 5.38. The van der Waals surface area contributed by atoms with Crippen LogP contribution in [0.15, 0.2) is 48.5 Å². The highest BCUT2D eigenvalue weighted by Crippen LogP contribution is 2.31. The molecule has 2 aliphatic rings. The number of pyridine rings is 1. The Morgan fingerprint density at radius 2 is 2.00 bits per heavy atom. The van der Waals surface area contributed by atoms with Crippen LogP contribution in [0.4, 0.5) is 5.82 Å². The fraction of sp³-hybridized carbons (Fsp3) is 0.357. The molecule has 0 saturated carbocycles. The van der Waals surface area contributed by atoms with Crippen molar-refractivity contribution in [3.8, 4) is 17.2 Å². The molecule has 1 atom stereocenters. The summed E-state index contributed by atoms with van der Waals surface area (Å²) in [6.07, 6.45) is 2.19. The van der Waals surface area contributed by atoms with Gasteiger partial charge in [-0.3, -0.25) is 9.59 Å². The van der Waals surface area contributed by atoms with Crippen LogP contribution < -0.4 is 10.2 Å². The zero-order valence-electron chi connectivity index (χ0n) is 20.8. The molecule has 3 heterocycles. The Hall–Kier alpha value is -3.61. The van der Waals surface area contributed by atoms with Crippen molar-refractivity contribution >= 4 is 40.3 Å². The Bertz CT molecular complexity index is 1370. The SMILES string of the molecule is COCc1ccccc1-c1ccc2nc(N3CCCC3)cc(C(=O)NCC(=O)N3CSCC3C#N)c2c1. The predicted octanol–water partition coefficient (Wildman–Crippen LogP) is 3.80. The fourth-order valence-electron chi connectivity index (χ4n) is 4.91. The van der Waals surface area contributed by atoms with E-state index in [0.717, 1.165) is 59.3 Å². The average molecular weight is 516 g/mol. The number of rotatable bonds is 7. The summed E-state index contributed by atoms with van der Waals surface area (Å²) in [7, 11) is 1.67. The van der Waals surface area contributed by atoms with Gasteiger partial charge in [0.05, 0.1) is 36.2 Å². The standard InChI is InChI=1S/C28H29N5O3S/c1-36-16-20-6-2-3-7-22(20)19-8-9-25-23(12-19)24(13-26(31-25)32-10-4-5-11-32)28(35)30-15-27(34)33-18-37-17-21(33)14-29/h2-3,6-9,12-13,21H,4-5,10-11,15-18H2,1H3,(H,30,35). The number of fused-ring (bicyclic) bond motifs is 1. The van der Waals surface area contributed by atoms with Gasteiger partial charge in [0.15, 0.2) is 0 Å². The van der Waals surface area contributed by atoms with E-state index in [0.29, 0.717) is 23.8 Å². The number of carbonyl (C=O) groups excluding carboxylic acids is 2. The van der Waals surface area contributed by atoms with E-state index in [1.807, 2.05) is 48.5 Å². The van der Waals surface area contributed by atoms with Gasteiger partial charge in [-0.05, 0) is 47.7 Å². The number of nitriles is 1. The van der Waals surface area contributed by atoms with E-state index >= 15 is 0 Å². The molecule has 3 aromatic rings. The maximum Gasteiger partial charge on any atom is 0.252 e. The Morgan fingerprint density at radius 1 is 1.19 bits per heavy atom. The lowest BCUT2D eigenvalue weighted by molar-refractivity contribution is -0.129. The Balaban J connectivity index is 1.49. The van der Waals surface area contributed by atoms with Gasteiger partial charge in [0.2, 0.25) is 5.91 Å². The van der Waals surface area contributed by atoms with Gasteiger partial charge < -0.3 is 19.9 Å². The average Bonchev–Trinajstić information content (AvgIpc) is 3.64. The quantitative estimate of drug-likeness (QED) is 0.511. The molecule has 2 aliphatic heterocycles. The molecule has 0 spiro atoms. The summed E-state index contributed by atoms with van der Waals surface area (Å²) in [5.41, 5.74) is 4.27. The normalized spacial score (nSPS) is 17.2. The summed E-state index contributed by atoms with van der Waals surface area (Å²) in [4.78, 5) is 34.8. The van der Waals surface area contributed by atoms with Gasteiger partial charge in [-0.1, -0.05) is 30.3 Å². The smallest absolute Gasteiger partial charge is 0.252 e. The highest BCUT2D eigenvalue weighted by molar-refractivity contribution is 7.99.